The third-order valence-corrected chi connectivity index (χ3v) is 4.78. The van der Waals surface area contributed by atoms with Crippen molar-refractivity contribution in [3.05, 3.63) is 35.9 Å². The summed E-state index contributed by atoms with van der Waals surface area (Å²) in [6.45, 7) is 0.254. The molecule has 1 saturated carbocycles. The van der Waals surface area contributed by atoms with Gasteiger partial charge in [0, 0.05) is 22.5 Å². The fourth-order valence-electron chi connectivity index (χ4n) is 3.04. The Balaban J connectivity index is 1.97. The van der Waals surface area contributed by atoms with E-state index in [0.29, 0.717) is 10.7 Å². The highest BCUT2D eigenvalue weighted by Crippen LogP contribution is 2.33. The maximum Gasteiger partial charge on any atom is 0.241 e. The Hall–Kier alpha value is -1.16. The number of benzene rings is 1. The zero-order valence-corrected chi connectivity index (χ0v) is 12.3. The largest absolute Gasteiger partial charge is 0.351 e. The van der Waals surface area contributed by atoms with E-state index in [-0.39, 0.29) is 18.5 Å². The highest BCUT2D eigenvalue weighted by atomic mass is 79.9. The summed E-state index contributed by atoms with van der Waals surface area (Å²) in [7, 11) is 0. The van der Waals surface area contributed by atoms with Gasteiger partial charge in [-0.1, -0.05) is 46.3 Å². The number of fused-ring (bicyclic) bond motifs is 1. The molecule has 1 aromatic rings. The first kappa shape index (κ1) is 12.9. The van der Waals surface area contributed by atoms with E-state index in [1.807, 2.05) is 18.2 Å². The number of nitrogens with one attached hydrogen (secondary N) is 1. The SMILES string of the molecule is O=C1CN=C(c2ccccc2)C2CC(Br)CCC2N1. The van der Waals surface area contributed by atoms with Gasteiger partial charge >= 0.3 is 0 Å². The van der Waals surface area contributed by atoms with E-state index in [9.17, 15) is 4.79 Å². The number of rotatable bonds is 1. The lowest BCUT2D eigenvalue weighted by atomic mass is 9.79. The average molecular weight is 321 g/mol. The number of carbonyl (C=O) groups is 1. The summed E-state index contributed by atoms with van der Waals surface area (Å²) in [6.07, 6.45) is 3.18. The fraction of sp³-hybridized carbons (Fsp3) is 0.467. The first-order chi connectivity index (χ1) is 9.24. The van der Waals surface area contributed by atoms with Crippen molar-refractivity contribution in [3.63, 3.8) is 0 Å². The van der Waals surface area contributed by atoms with Crippen molar-refractivity contribution in [2.24, 2.45) is 10.9 Å². The monoisotopic (exact) mass is 320 g/mol. The normalized spacial score (nSPS) is 30.9. The maximum absolute atomic E-state index is 11.8. The predicted molar refractivity (Wildman–Crippen MR) is 79.8 cm³/mol. The van der Waals surface area contributed by atoms with E-state index < -0.39 is 0 Å². The van der Waals surface area contributed by atoms with Crippen molar-refractivity contribution in [2.45, 2.75) is 30.1 Å². The standard InChI is InChI=1S/C15H17BrN2O/c16-11-6-7-13-12(8-11)15(17-9-14(19)18-13)10-4-2-1-3-5-10/h1-5,11-13H,6-9H2,(H,18,19). The van der Waals surface area contributed by atoms with Crippen LogP contribution in [-0.2, 0) is 4.79 Å². The van der Waals surface area contributed by atoms with Gasteiger partial charge in [-0.2, -0.15) is 0 Å². The molecule has 0 radical (unpaired) electrons. The van der Waals surface area contributed by atoms with Crippen LogP contribution in [0.25, 0.3) is 0 Å². The van der Waals surface area contributed by atoms with Gasteiger partial charge in [-0.3, -0.25) is 9.79 Å². The van der Waals surface area contributed by atoms with E-state index in [4.69, 9.17) is 0 Å². The van der Waals surface area contributed by atoms with Gasteiger partial charge in [0.25, 0.3) is 0 Å². The van der Waals surface area contributed by atoms with Gasteiger partial charge in [0.15, 0.2) is 0 Å². The summed E-state index contributed by atoms with van der Waals surface area (Å²) in [4.78, 5) is 16.9. The van der Waals surface area contributed by atoms with Crippen LogP contribution < -0.4 is 5.32 Å². The highest BCUT2D eigenvalue weighted by Gasteiger charge is 2.35. The Bertz CT molecular complexity index is 500. The minimum atomic E-state index is 0.0500. The van der Waals surface area contributed by atoms with E-state index in [2.05, 4.69) is 38.4 Å². The Morgan fingerprint density at radius 3 is 2.79 bits per heavy atom. The molecule has 1 heterocycles. The van der Waals surface area contributed by atoms with Crippen molar-refractivity contribution in [1.29, 1.82) is 0 Å². The van der Waals surface area contributed by atoms with E-state index >= 15 is 0 Å². The Labute approximate surface area is 121 Å². The molecule has 19 heavy (non-hydrogen) atoms. The van der Waals surface area contributed by atoms with Gasteiger partial charge in [-0.25, -0.2) is 0 Å². The van der Waals surface area contributed by atoms with Crippen LogP contribution >= 0.6 is 15.9 Å². The van der Waals surface area contributed by atoms with Crippen LogP contribution in [0.5, 0.6) is 0 Å². The number of amides is 1. The fourth-order valence-corrected chi connectivity index (χ4v) is 3.70. The summed E-state index contributed by atoms with van der Waals surface area (Å²) in [5, 5.41) is 3.13. The molecule has 2 aliphatic rings. The summed E-state index contributed by atoms with van der Waals surface area (Å²) in [6, 6.07) is 10.5. The minimum absolute atomic E-state index is 0.0500. The van der Waals surface area contributed by atoms with Crippen LogP contribution in [0.3, 0.4) is 0 Å². The lowest BCUT2D eigenvalue weighted by Crippen LogP contribution is -2.45. The first-order valence-electron chi connectivity index (χ1n) is 6.77. The number of hydrogen-bond donors (Lipinski definition) is 1. The molecule has 1 amide bonds. The average Bonchev–Trinajstić information content (AvgIpc) is 2.58. The number of hydrogen-bond acceptors (Lipinski definition) is 2. The van der Waals surface area contributed by atoms with Crippen LogP contribution in [0.4, 0.5) is 0 Å². The molecule has 0 saturated heterocycles. The topological polar surface area (TPSA) is 41.5 Å². The highest BCUT2D eigenvalue weighted by molar-refractivity contribution is 9.09. The number of nitrogens with zero attached hydrogens (tertiary/aromatic N) is 1. The van der Waals surface area contributed by atoms with E-state index in [1.165, 1.54) is 0 Å². The summed E-state index contributed by atoms with van der Waals surface area (Å²) >= 11 is 3.72. The molecular weight excluding hydrogens is 304 g/mol. The van der Waals surface area contributed by atoms with Crippen molar-refractivity contribution in [2.75, 3.05) is 6.54 Å². The Morgan fingerprint density at radius 1 is 1.21 bits per heavy atom. The second-order valence-corrected chi connectivity index (χ2v) is 6.55. The molecule has 1 N–H and O–H groups in total. The smallest absolute Gasteiger partial charge is 0.241 e. The van der Waals surface area contributed by atoms with Crippen LogP contribution in [0, 0.1) is 5.92 Å². The second-order valence-electron chi connectivity index (χ2n) is 5.26. The molecule has 1 fully saturated rings. The summed E-state index contributed by atoms with van der Waals surface area (Å²) in [5.74, 6) is 0.376. The lowest BCUT2D eigenvalue weighted by molar-refractivity contribution is -0.120. The molecule has 0 aromatic heterocycles. The van der Waals surface area contributed by atoms with Gasteiger partial charge in [-0.15, -0.1) is 0 Å². The molecule has 0 spiro atoms. The quantitative estimate of drug-likeness (QED) is 0.794. The summed E-state index contributed by atoms with van der Waals surface area (Å²) in [5.41, 5.74) is 2.24. The maximum atomic E-state index is 11.8. The van der Waals surface area contributed by atoms with Crippen molar-refractivity contribution in [1.82, 2.24) is 5.32 Å². The predicted octanol–water partition coefficient (Wildman–Crippen LogP) is 2.54. The molecule has 4 heteroatoms. The van der Waals surface area contributed by atoms with Crippen molar-refractivity contribution >= 4 is 27.5 Å². The van der Waals surface area contributed by atoms with Gasteiger partial charge in [0.1, 0.15) is 6.54 Å². The lowest BCUT2D eigenvalue weighted by Gasteiger charge is -2.34. The first-order valence-corrected chi connectivity index (χ1v) is 7.69. The number of aliphatic imine (C=N–C) groups is 1. The van der Waals surface area contributed by atoms with Crippen LogP contribution in [0.1, 0.15) is 24.8 Å². The third-order valence-electron chi connectivity index (χ3n) is 3.95. The Kier molecular flexibility index (Phi) is 3.69. The van der Waals surface area contributed by atoms with Crippen molar-refractivity contribution in [3.8, 4) is 0 Å². The minimum Gasteiger partial charge on any atom is -0.351 e. The molecule has 3 rings (SSSR count). The zero-order valence-electron chi connectivity index (χ0n) is 10.7. The molecule has 1 aromatic carbocycles. The molecule has 3 atom stereocenters. The van der Waals surface area contributed by atoms with Gasteiger partial charge in [0.05, 0.1) is 0 Å². The molecule has 1 aliphatic carbocycles. The van der Waals surface area contributed by atoms with Gasteiger partial charge in [-0.05, 0) is 24.8 Å². The van der Waals surface area contributed by atoms with Crippen LogP contribution in [0.2, 0.25) is 0 Å². The summed E-state index contributed by atoms with van der Waals surface area (Å²) < 4.78 is 0. The van der Waals surface area contributed by atoms with Gasteiger partial charge < -0.3 is 5.32 Å². The molecular formula is C15H17BrN2O. The van der Waals surface area contributed by atoms with E-state index in [1.54, 1.807) is 0 Å². The number of alkyl halides is 1. The molecule has 100 valence electrons. The van der Waals surface area contributed by atoms with Crippen LogP contribution in [-0.4, -0.2) is 29.0 Å². The molecule has 1 aliphatic heterocycles. The number of halogens is 1. The molecule has 3 unspecified atom stereocenters. The zero-order chi connectivity index (χ0) is 13.2. The molecule has 3 nitrogen and oxygen atoms in total. The third kappa shape index (κ3) is 2.73. The molecule has 0 bridgehead atoms. The van der Waals surface area contributed by atoms with Crippen molar-refractivity contribution < 1.29 is 4.79 Å². The van der Waals surface area contributed by atoms with Crippen LogP contribution in [0.15, 0.2) is 35.3 Å². The number of carbonyl (C=O) groups excluding carboxylic acids is 1. The van der Waals surface area contributed by atoms with E-state index in [0.717, 1.165) is 30.5 Å². The van der Waals surface area contributed by atoms with Gasteiger partial charge in [0.2, 0.25) is 5.91 Å². The Morgan fingerprint density at radius 2 is 2.00 bits per heavy atom. The second kappa shape index (κ2) is 5.45.